The number of halogens is 1. The first-order valence-corrected chi connectivity index (χ1v) is 6.27. The van der Waals surface area contributed by atoms with Gasteiger partial charge in [0.25, 0.3) is 0 Å². The van der Waals surface area contributed by atoms with E-state index < -0.39 is 0 Å². The molecule has 0 unspecified atom stereocenters. The molecular weight excluding hydrogens is 250 g/mol. The number of aryl methyl sites for hydroxylation is 1. The Bertz CT molecular complexity index is 307. The Balaban J connectivity index is 2.49. The van der Waals surface area contributed by atoms with Crippen LogP contribution in [-0.4, -0.2) is 6.54 Å². The molecule has 2 N–H and O–H groups in total. The zero-order chi connectivity index (χ0) is 11.3. The number of rotatable bonds is 5. The minimum absolute atomic E-state index is 0.358. The number of hydrogen-bond donors (Lipinski definition) is 1. The first kappa shape index (κ1) is 12.7. The van der Waals surface area contributed by atoms with Crippen molar-refractivity contribution in [1.29, 1.82) is 0 Å². The van der Waals surface area contributed by atoms with Crippen molar-refractivity contribution in [2.45, 2.75) is 33.1 Å². The third kappa shape index (κ3) is 4.80. The summed E-state index contributed by atoms with van der Waals surface area (Å²) in [6.45, 7) is 5.36. The van der Waals surface area contributed by atoms with Crippen molar-refractivity contribution in [3.63, 3.8) is 0 Å². The van der Waals surface area contributed by atoms with E-state index in [4.69, 9.17) is 5.73 Å². The van der Waals surface area contributed by atoms with Gasteiger partial charge in [-0.1, -0.05) is 41.9 Å². The predicted octanol–water partition coefficient (Wildman–Crippen LogP) is 3.76. The molecule has 0 fully saturated rings. The lowest BCUT2D eigenvalue weighted by Crippen LogP contribution is -2.17. The molecule has 84 valence electrons. The Morgan fingerprint density at radius 1 is 1.27 bits per heavy atom. The largest absolute Gasteiger partial charge is 0.330 e. The SMILES string of the molecule is CC(C)(CCN)CCc1cccc(Br)c1. The predicted molar refractivity (Wildman–Crippen MR) is 69.9 cm³/mol. The van der Waals surface area contributed by atoms with Gasteiger partial charge in [0, 0.05) is 4.47 Å². The maximum absolute atomic E-state index is 5.60. The minimum atomic E-state index is 0.358. The van der Waals surface area contributed by atoms with E-state index >= 15 is 0 Å². The Morgan fingerprint density at radius 2 is 2.00 bits per heavy atom. The van der Waals surface area contributed by atoms with E-state index in [2.05, 4.69) is 54.0 Å². The van der Waals surface area contributed by atoms with Crippen LogP contribution in [0.25, 0.3) is 0 Å². The second kappa shape index (κ2) is 5.66. The number of hydrogen-bond acceptors (Lipinski definition) is 1. The average molecular weight is 270 g/mol. The molecule has 0 atom stereocenters. The van der Waals surface area contributed by atoms with Crippen LogP contribution in [0.5, 0.6) is 0 Å². The van der Waals surface area contributed by atoms with Crippen LogP contribution in [0.3, 0.4) is 0 Å². The standard InChI is InChI=1S/C13H20BrN/c1-13(2,8-9-15)7-6-11-4-3-5-12(14)10-11/h3-5,10H,6-9,15H2,1-2H3. The van der Waals surface area contributed by atoms with Crippen molar-refractivity contribution in [3.8, 4) is 0 Å². The fraction of sp³-hybridized carbons (Fsp3) is 0.538. The van der Waals surface area contributed by atoms with Crippen LogP contribution >= 0.6 is 15.9 Å². The maximum atomic E-state index is 5.60. The Morgan fingerprint density at radius 3 is 2.60 bits per heavy atom. The van der Waals surface area contributed by atoms with E-state index in [9.17, 15) is 0 Å². The zero-order valence-corrected chi connectivity index (χ0v) is 11.2. The molecule has 0 radical (unpaired) electrons. The third-order valence-electron chi connectivity index (χ3n) is 2.80. The van der Waals surface area contributed by atoms with Gasteiger partial charge in [-0.3, -0.25) is 0 Å². The number of nitrogens with two attached hydrogens (primary N) is 1. The van der Waals surface area contributed by atoms with Crippen molar-refractivity contribution < 1.29 is 0 Å². The molecule has 0 amide bonds. The molecule has 0 aliphatic rings. The molecule has 0 aliphatic heterocycles. The van der Waals surface area contributed by atoms with Gasteiger partial charge in [0.05, 0.1) is 0 Å². The first-order chi connectivity index (χ1) is 7.03. The van der Waals surface area contributed by atoms with Gasteiger partial charge in [0.1, 0.15) is 0 Å². The minimum Gasteiger partial charge on any atom is -0.330 e. The smallest absolute Gasteiger partial charge is 0.0177 e. The van der Waals surface area contributed by atoms with Crippen molar-refractivity contribution in [3.05, 3.63) is 34.3 Å². The van der Waals surface area contributed by atoms with E-state index in [1.165, 1.54) is 12.0 Å². The van der Waals surface area contributed by atoms with E-state index in [0.717, 1.165) is 23.9 Å². The van der Waals surface area contributed by atoms with Gasteiger partial charge in [-0.15, -0.1) is 0 Å². The summed E-state index contributed by atoms with van der Waals surface area (Å²) in [5.74, 6) is 0. The summed E-state index contributed by atoms with van der Waals surface area (Å²) in [4.78, 5) is 0. The first-order valence-electron chi connectivity index (χ1n) is 5.48. The monoisotopic (exact) mass is 269 g/mol. The molecular formula is C13H20BrN. The Labute approximate surface area is 101 Å². The van der Waals surface area contributed by atoms with Crippen molar-refractivity contribution in [2.75, 3.05) is 6.54 Å². The van der Waals surface area contributed by atoms with Crippen LogP contribution in [0.15, 0.2) is 28.7 Å². The molecule has 15 heavy (non-hydrogen) atoms. The van der Waals surface area contributed by atoms with Gasteiger partial charge in [-0.2, -0.15) is 0 Å². The van der Waals surface area contributed by atoms with E-state index in [0.29, 0.717) is 5.41 Å². The Kier molecular flexibility index (Phi) is 4.81. The van der Waals surface area contributed by atoms with Crippen LogP contribution in [0, 0.1) is 5.41 Å². The molecule has 0 saturated carbocycles. The lowest BCUT2D eigenvalue weighted by molar-refractivity contribution is 0.313. The second-order valence-corrected chi connectivity index (χ2v) is 5.75. The molecule has 0 spiro atoms. The summed E-state index contributed by atoms with van der Waals surface area (Å²) in [6.07, 6.45) is 3.42. The molecule has 1 rings (SSSR count). The molecule has 0 aliphatic carbocycles. The fourth-order valence-electron chi connectivity index (χ4n) is 1.69. The normalized spacial score (nSPS) is 11.7. The van der Waals surface area contributed by atoms with Crippen molar-refractivity contribution >= 4 is 15.9 Å². The van der Waals surface area contributed by atoms with E-state index in [-0.39, 0.29) is 0 Å². The third-order valence-corrected chi connectivity index (χ3v) is 3.29. The summed E-state index contributed by atoms with van der Waals surface area (Å²) in [5, 5.41) is 0. The average Bonchev–Trinajstić information content (AvgIpc) is 2.15. The highest BCUT2D eigenvalue weighted by Crippen LogP contribution is 2.26. The second-order valence-electron chi connectivity index (χ2n) is 4.83. The maximum Gasteiger partial charge on any atom is 0.0177 e. The molecule has 0 saturated heterocycles. The summed E-state index contributed by atoms with van der Waals surface area (Å²) < 4.78 is 1.16. The molecule has 0 aromatic heterocycles. The van der Waals surface area contributed by atoms with Crippen LogP contribution in [0.4, 0.5) is 0 Å². The molecule has 1 aromatic carbocycles. The van der Waals surface area contributed by atoms with Crippen molar-refractivity contribution in [1.82, 2.24) is 0 Å². The highest BCUT2D eigenvalue weighted by Gasteiger charge is 2.16. The lowest BCUT2D eigenvalue weighted by atomic mass is 9.83. The molecule has 1 aromatic rings. The van der Waals surface area contributed by atoms with Crippen molar-refractivity contribution in [2.24, 2.45) is 11.1 Å². The summed E-state index contributed by atoms with van der Waals surface area (Å²) in [5.41, 5.74) is 7.36. The van der Waals surface area contributed by atoms with Gasteiger partial charge in [0.2, 0.25) is 0 Å². The van der Waals surface area contributed by atoms with Gasteiger partial charge in [-0.25, -0.2) is 0 Å². The lowest BCUT2D eigenvalue weighted by Gasteiger charge is -2.23. The van der Waals surface area contributed by atoms with Crippen LogP contribution in [0.2, 0.25) is 0 Å². The highest BCUT2D eigenvalue weighted by atomic mass is 79.9. The van der Waals surface area contributed by atoms with E-state index in [1.54, 1.807) is 0 Å². The van der Waals surface area contributed by atoms with Gasteiger partial charge in [-0.05, 0) is 48.9 Å². The molecule has 2 heteroatoms. The topological polar surface area (TPSA) is 26.0 Å². The number of benzene rings is 1. The zero-order valence-electron chi connectivity index (χ0n) is 9.59. The van der Waals surface area contributed by atoms with Gasteiger partial charge < -0.3 is 5.73 Å². The van der Waals surface area contributed by atoms with Crippen LogP contribution < -0.4 is 5.73 Å². The van der Waals surface area contributed by atoms with Gasteiger partial charge >= 0.3 is 0 Å². The molecule has 0 heterocycles. The Hall–Kier alpha value is -0.340. The summed E-state index contributed by atoms with van der Waals surface area (Å²) in [7, 11) is 0. The molecule has 1 nitrogen and oxygen atoms in total. The summed E-state index contributed by atoms with van der Waals surface area (Å²) in [6, 6.07) is 8.53. The summed E-state index contributed by atoms with van der Waals surface area (Å²) >= 11 is 3.49. The fourth-order valence-corrected chi connectivity index (χ4v) is 2.14. The van der Waals surface area contributed by atoms with E-state index in [1.807, 2.05) is 0 Å². The van der Waals surface area contributed by atoms with Crippen LogP contribution in [0.1, 0.15) is 32.3 Å². The van der Waals surface area contributed by atoms with Crippen LogP contribution in [-0.2, 0) is 6.42 Å². The van der Waals surface area contributed by atoms with Gasteiger partial charge in [0.15, 0.2) is 0 Å². The highest BCUT2D eigenvalue weighted by molar-refractivity contribution is 9.10. The quantitative estimate of drug-likeness (QED) is 0.866. The molecule has 0 bridgehead atoms.